The lowest BCUT2D eigenvalue weighted by atomic mass is 9.91. The first-order valence-electron chi connectivity index (χ1n) is 6.47. The van der Waals surface area contributed by atoms with Gasteiger partial charge in [0.2, 0.25) is 0 Å². The number of rotatable bonds is 4. The second kappa shape index (κ2) is 5.86. The van der Waals surface area contributed by atoms with Crippen molar-refractivity contribution in [3.8, 4) is 0 Å². The first kappa shape index (κ1) is 13.0. The van der Waals surface area contributed by atoms with E-state index in [1.807, 2.05) is 0 Å². The number of hydrogen-bond acceptors (Lipinski definition) is 2. The highest BCUT2D eigenvalue weighted by Gasteiger charge is 2.19. The molecule has 0 amide bonds. The molecule has 1 heterocycles. The molecule has 0 unspecified atom stereocenters. The van der Waals surface area contributed by atoms with Gasteiger partial charge in [-0.1, -0.05) is 27.7 Å². The van der Waals surface area contributed by atoms with Crippen LogP contribution in [0.25, 0.3) is 0 Å². The third kappa shape index (κ3) is 5.53. The van der Waals surface area contributed by atoms with Crippen molar-refractivity contribution in [2.24, 2.45) is 5.41 Å². The molecule has 90 valence electrons. The zero-order chi connectivity index (χ0) is 11.3. The molecule has 2 nitrogen and oxygen atoms in total. The Balaban J connectivity index is 2.15. The minimum absolute atomic E-state index is 0.485. The predicted molar refractivity (Wildman–Crippen MR) is 67.2 cm³/mol. The summed E-state index contributed by atoms with van der Waals surface area (Å²) in [7, 11) is 0. The van der Waals surface area contributed by atoms with Gasteiger partial charge in [0.25, 0.3) is 0 Å². The number of hydrogen-bond donors (Lipinski definition) is 1. The molecule has 1 aliphatic heterocycles. The maximum atomic E-state index is 3.55. The van der Waals surface area contributed by atoms with Crippen LogP contribution < -0.4 is 5.32 Å². The number of nitrogens with zero attached hydrogens (tertiary/aromatic N) is 1. The van der Waals surface area contributed by atoms with Crippen LogP contribution in [-0.2, 0) is 0 Å². The zero-order valence-electron chi connectivity index (χ0n) is 11.0. The smallest absolute Gasteiger partial charge is 0.00912 e. The maximum absolute atomic E-state index is 3.55. The lowest BCUT2D eigenvalue weighted by Crippen LogP contribution is -2.43. The molecule has 0 atom stereocenters. The Morgan fingerprint density at radius 3 is 2.27 bits per heavy atom. The third-order valence-electron chi connectivity index (χ3n) is 3.26. The molecule has 0 bridgehead atoms. The molecule has 1 aliphatic rings. The lowest BCUT2D eigenvalue weighted by molar-refractivity contribution is 0.175. The van der Waals surface area contributed by atoms with E-state index < -0.39 is 0 Å². The van der Waals surface area contributed by atoms with Gasteiger partial charge in [0, 0.05) is 6.04 Å². The van der Waals surface area contributed by atoms with Crippen molar-refractivity contribution < 1.29 is 0 Å². The van der Waals surface area contributed by atoms with E-state index in [1.165, 1.54) is 38.9 Å². The fourth-order valence-electron chi connectivity index (χ4n) is 2.14. The molecule has 0 aromatic rings. The average molecular weight is 212 g/mol. The average Bonchev–Trinajstić information content (AvgIpc) is 2.16. The topological polar surface area (TPSA) is 15.3 Å². The molecule has 0 aliphatic carbocycles. The fourth-order valence-corrected chi connectivity index (χ4v) is 2.14. The Kier molecular flexibility index (Phi) is 5.07. The molecule has 1 fully saturated rings. The highest BCUT2D eigenvalue weighted by molar-refractivity contribution is 4.77. The number of likely N-dealkylation sites (tertiary alicyclic amines) is 1. The monoisotopic (exact) mass is 212 g/mol. The third-order valence-corrected chi connectivity index (χ3v) is 3.26. The van der Waals surface area contributed by atoms with Crippen LogP contribution in [-0.4, -0.2) is 37.1 Å². The van der Waals surface area contributed by atoms with Crippen LogP contribution in [0.5, 0.6) is 0 Å². The summed E-state index contributed by atoms with van der Waals surface area (Å²) in [4.78, 5) is 2.62. The van der Waals surface area contributed by atoms with Gasteiger partial charge >= 0.3 is 0 Å². The van der Waals surface area contributed by atoms with Crippen molar-refractivity contribution in [3.63, 3.8) is 0 Å². The molecular weight excluding hydrogens is 184 g/mol. The Morgan fingerprint density at radius 1 is 1.20 bits per heavy atom. The summed E-state index contributed by atoms with van der Waals surface area (Å²) in [5, 5.41) is 3.55. The second-order valence-corrected chi connectivity index (χ2v) is 5.98. The minimum Gasteiger partial charge on any atom is -0.314 e. The minimum atomic E-state index is 0.485. The summed E-state index contributed by atoms with van der Waals surface area (Å²) in [5.74, 6) is 0. The maximum Gasteiger partial charge on any atom is 0.00912 e. The van der Waals surface area contributed by atoms with E-state index in [0.717, 1.165) is 12.6 Å². The van der Waals surface area contributed by atoms with Crippen LogP contribution in [0, 0.1) is 5.41 Å². The summed E-state index contributed by atoms with van der Waals surface area (Å²) in [6.07, 6.45) is 3.98. The number of nitrogens with one attached hydrogen (secondary N) is 1. The van der Waals surface area contributed by atoms with Crippen molar-refractivity contribution in [2.45, 2.75) is 53.0 Å². The van der Waals surface area contributed by atoms with Gasteiger partial charge in [-0.2, -0.15) is 0 Å². The molecule has 0 aromatic heterocycles. The van der Waals surface area contributed by atoms with Crippen LogP contribution in [0.2, 0.25) is 0 Å². The Bertz CT molecular complexity index is 164. The lowest BCUT2D eigenvalue weighted by Gasteiger charge is -2.33. The van der Waals surface area contributed by atoms with Gasteiger partial charge in [0.1, 0.15) is 0 Å². The van der Waals surface area contributed by atoms with Crippen molar-refractivity contribution in [1.82, 2.24) is 10.2 Å². The highest BCUT2D eigenvalue weighted by Crippen LogP contribution is 2.20. The van der Waals surface area contributed by atoms with Gasteiger partial charge in [-0.3, -0.25) is 0 Å². The molecule has 0 aromatic carbocycles. The van der Waals surface area contributed by atoms with E-state index in [9.17, 15) is 0 Å². The van der Waals surface area contributed by atoms with E-state index in [4.69, 9.17) is 0 Å². The Labute approximate surface area is 95.4 Å². The predicted octanol–water partition coefficient (Wildman–Crippen LogP) is 2.50. The van der Waals surface area contributed by atoms with Crippen LogP contribution in [0.3, 0.4) is 0 Å². The summed E-state index contributed by atoms with van der Waals surface area (Å²) >= 11 is 0. The molecule has 0 saturated carbocycles. The van der Waals surface area contributed by atoms with Gasteiger partial charge < -0.3 is 10.2 Å². The first-order valence-corrected chi connectivity index (χ1v) is 6.47. The van der Waals surface area contributed by atoms with Gasteiger partial charge in [-0.15, -0.1) is 0 Å². The van der Waals surface area contributed by atoms with Crippen molar-refractivity contribution >= 4 is 0 Å². The van der Waals surface area contributed by atoms with Crippen LogP contribution in [0.4, 0.5) is 0 Å². The molecule has 15 heavy (non-hydrogen) atoms. The van der Waals surface area contributed by atoms with Gasteiger partial charge in [-0.05, 0) is 50.9 Å². The molecule has 1 rings (SSSR count). The SMILES string of the molecule is CCNC1CCN(CCC(C)(C)C)CC1. The van der Waals surface area contributed by atoms with E-state index in [2.05, 4.69) is 37.9 Å². The molecule has 1 N–H and O–H groups in total. The van der Waals surface area contributed by atoms with E-state index in [1.54, 1.807) is 0 Å². The molecule has 2 heteroatoms. The first-order chi connectivity index (χ1) is 7.01. The fraction of sp³-hybridized carbons (Fsp3) is 1.00. The second-order valence-electron chi connectivity index (χ2n) is 5.98. The van der Waals surface area contributed by atoms with Crippen molar-refractivity contribution in [2.75, 3.05) is 26.2 Å². The van der Waals surface area contributed by atoms with E-state index in [-0.39, 0.29) is 0 Å². The standard InChI is InChI=1S/C13H28N2/c1-5-14-12-6-9-15(10-7-12)11-8-13(2,3)4/h12,14H,5-11H2,1-4H3. The summed E-state index contributed by atoms with van der Waals surface area (Å²) < 4.78 is 0. The normalized spacial score (nSPS) is 20.8. The summed E-state index contributed by atoms with van der Waals surface area (Å²) in [6, 6.07) is 0.779. The Hall–Kier alpha value is -0.0800. The molecular formula is C13H28N2. The molecule has 1 saturated heterocycles. The van der Waals surface area contributed by atoms with E-state index in [0.29, 0.717) is 5.41 Å². The largest absolute Gasteiger partial charge is 0.314 e. The number of piperidine rings is 1. The van der Waals surface area contributed by atoms with Crippen molar-refractivity contribution in [3.05, 3.63) is 0 Å². The summed E-state index contributed by atoms with van der Waals surface area (Å²) in [5.41, 5.74) is 0.485. The van der Waals surface area contributed by atoms with Crippen LogP contribution >= 0.6 is 0 Å². The van der Waals surface area contributed by atoms with Gasteiger partial charge in [-0.25, -0.2) is 0 Å². The van der Waals surface area contributed by atoms with Crippen molar-refractivity contribution in [1.29, 1.82) is 0 Å². The quantitative estimate of drug-likeness (QED) is 0.770. The molecule has 0 spiro atoms. The highest BCUT2D eigenvalue weighted by atomic mass is 15.1. The van der Waals surface area contributed by atoms with Gasteiger partial charge in [0.15, 0.2) is 0 Å². The van der Waals surface area contributed by atoms with E-state index >= 15 is 0 Å². The van der Waals surface area contributed by atoms with Crippen LogP contribution in [0.15, 0.2) is 0 Å². The zero-order valence-corrected chi connectivity index (χ0v) is 11.0. The van der Waals surface area contributed by atoms with Gasteiger partial charge in [0.05, 0.1) is 0 Å². The summed E-state index contributed by atoms with van der Waals surface area (Å²) in [6.45, 7) is 14.2. The Morgan fingerprint density at radius 2 is 1.80 bits per heavy atom. The molecule has 0 radical (unpaired) electrons. The van der Waals surface area contributed by atoms with Crippen LogP contribution in [0.1, 0.15) is 47.0 Å².